The Kier molecular flexibility index (Phi) is 5.52. The van der Waals surface area contributed by atoms with Crippen molar-refractivity contribution in [1.82, 2.24) is 10.2 Å². The molecule has 0 bridgehead atoms. The number of aliphatic carboxylic acids is 1. The lowest BCUT2D eigenvalue weighted by atomic mass is 10.1. The van der Waals surface area contributed by atoms with Crippen LogP contribution in [-0.2, 0) is 9.59 Å². The fraction of sp³-hybridized carbons (Fsp3) is 0.429. The SMILES string of the molecule is CC(C(=O)O)=C(C)C(=O)NCC(c1ccco1)N(C)C. The molecule has 20 heavy (non-hydrogen) atoms. The molecule has 1 amide bonds. The minimum absolute atomic E-state index is 0.0434. The summed E-state index contributed by atoms with van der Waals surface area (Å²) >= 11 is 0. The monoisotopic (exact) mass is 280 g/mol. The third kappa shape index (κ3) is 3.96. The van der Waals surface area contributed by atoms with Crippen LogP contribution in [-0.4, -0.2) is 42.5 Å². The van der Waals surface area contributed by atoms with Crippen LogP contribution in [0.3, 0.4) is 0 Å². The van der Waals surface area contributed by atoms with Crippen molar-refractivity contribution in [3.05, 3.63) is 35.3 Å². The summed E-state index contributed by atoms with van der Waals surface area (Å²) in [5, 5.41) is 11.6. The summed E-state index contributed by atoms with van der Waals surface area (Å²) in [6, 6.07) is 3.52. The number of carbonyl (C=O) groups is 2. The lowest BCUT2D eigenvalue weighted by Crippen LogP contribution is -2.35. The van der Waals surface area contributed by atoms with Crippen LogP contribution in [0.5, 0.6) is 0 Å². The summed E-state index contributed by atoms with van der Waals surface area (Å²) in [4.78, 5) is 24.6. The average Bonchev–Trinajstić information content (AvgIpc) is 2.90. The van der Waals surface area contributed by atoms with Gasteiger partial charge in [-0.15, -0.1) is 0 Å². The predicted octanol–water partition coefficient (Wildman–Crippen LogP) is 1.42. The minimum Gasteiger partial charge on any atom is -0.478 e. The molecule has 110 valence electrons. The van der Waals surface area contributed by atoms with Crippen molar-refractivity contribution < 1.29 is 19.1 Å². The van der Waals surface area contributed by atoms with Crippen molar-refractivity contribution in [2.75, 3.05) is 20.6 Å². The van der Waals surface area contributed by atoms with E-state index in [2.05, 4.69) is 5.32 Å². The molecule has 0 aromatic carbocycles. The molecule has 0 spiro atoms. The van der Waals surface area contributed by atoms with Crippen LogP contribution in [0.1, 0.15) is 25.6 Å². The first-order valence-corrected chi connectivity index (χ1v) is 6.23. The first-order valence-electron chi connectivity index (χ1n) is 6.23. The Balaban J connectivity index is 2.72. The Morgan fingerprint density at radius 2 is 2.00 bits per heavy atom. The summed E-state index contributed by atoms with van der Waals surface area (Å²) in [5.74, 6) is -0.733. The maximum Gasteiger partial charge on any atom is 0.331 e. The van der Waals surface area contributed by atoms with Crippen molar-refractivity contribution in [3.63, 3.8) is 0 Å². The van der Waals surface area contributed by atoms with Crippen LogP contribution in [0, 0.1) is 0 Å². The van der Waals surface area contributed by atoms with Crippen molar-refractivity contribution in [2.45, 2.75) is 19.9 Å². The molecule has 1 aromatic heterocycles. The van der Waals surface area contributed by atoms with E-state index >= 15 is 0 Å². The van der Waals surface area contributed by atoms with Crippen molar-refractivity contribution in [1.29, 1.82) is 0 Å². The standard InChI is InChI=1S/C14H20N2O4/c1-9(10(2)14(18)19)13(17)15-8-11(16(3)4)12-6-5-7-20-12/h5-7,11H,8H2,1-4H3,(H,15,17)(H,18,19). The van der Waals surface area contributed by atoms with Gasteiger partial charge in [-0.2, -0.15) is 0 Å². The molecule has 0 saturated heterocycles. The van der Waals surface area contributed by atoms with Gasteiger partial charge >= 0.3 is 5.97 Å². The molecule has 1 atom stereocenters. The van der Waals surface area contributed by atoms with Crippen LogP contribution in [0.15, 0.2) is 34.0 Å². The number of likely N-dealkylation sites (N-methyl/N-ethyl adjacent to an activating group) is 1. The fourth-order valence-electron chi connectivity index (χ4n) is 1.67. The summed E-state index contributed by atoms with van der Waals surface area (Å²) in [5.41, 5.74) is 0.247. The minimum atomic E-state index is -1.09. The second-order valence-corrected chi connectivity index (χ2v) is 4.76. The quantitative estimate of drug-likeness (QED) is 0.770. The second-order valence-electron chi connectivity index (χ2n) is 4.76. The maximum absolute atomic E-state index is 11.9. The number of carboxylic acid groups (broad SMARTS) is 1. The van der Waals surface area contributed by atoms with Gasteiger partial charge in [-0.05, 0) is 40.1 Å². The van der Waals surface area contributed by atoms with E-state index < -0.39 is 5.97 Å². The molecule has 0 aliphatic rings. The Morgan fingerprint density at radius 1 is 1.35 bits per heavy atom. The molecule has 1 rings (SSSR count). The number of hydrogen-bond acceptors (Lipinski definition) is 4. The van der Waals surface area contributed by atoms with Gasteiger partial charge in [-0.25, -0.2) is 4.79 Å². The predicted molar refractivity (Wildman–Crippen MR) is 74.2 cm³/mol. The number of carboxylic acids is 1. The molecule has 6 heteroatoms. The van der Waals surface area contributed by atoms with Gasteiger partial charge in [0.2, 0.25) is 5.91 Å². The Hall–Kier alpha value is -2.08. The molecule has 1 aromatic rings. The first kappa shape index (κ1) is 16.0. The summed E-state index contributed by atoms with van der Waals surface area (Å²) in [6.07, 6.45) is 1.58. The molecule has 2 N–H and O–H groups in total. The number of nitrogens with zero attached hydrogens (tertiary/aromatic N) is 1. The fourth-order valence-corrected chi connectivity index (χ4v) is 1.67. The number of rotatable bonds is 6. The van der Waals surface area contributed by atoms with Gasteiger partial charge in [0.25, 0.3) is 0 Å². The lowest BCUT2D eigenvalue weighted by molar-refractivity contribution is -0.133. The number of amides is 1. The van der Waals surface area contributed by atoms with Gasteiger partial charge in [0.15, 0.2) is 0 Å². The van der Waals surface area contributed by atoms with Gasteiger partial charge in [0.05, 0.1) is 12.3 Å². The molecular weight excluding hydrogens is 260 g/mol. The van der Waals surface area contributed by atoms with Crippen LogP contribution in [0.25, 0.3) is 0 Å². The zero-order valence-electron chi connectivity index (χ0n) is 12.1. The van der Waals surface area contributed by atoms with Gasteiger partial charge in [-0.1, -0.05) is 0 Å². The van der Waals surface area contributed by atoms with Crippen LogP contribution >= 0.6 is 0 Å². The van der Waals surface area contributed by atoms with Crippen molar-refractivity contribution in [3.8, 4) is 0 Å². The van der Waals surface area contributed by atoms with Crippen LogP contribution in [0.2, 0.25) is 0 Å². The molecule has 0 fully saturated rings. The van der Waals surface area contributed by atoms with E-state index in [1.54, 1.807) is 12.3 Å². The third-order valence-electron chi connectivity index (χ3n) is 3.17. The summed E-state index contributed by atoms with van der Waals surface area (Å²) < 4.78 is 5.34. The highest BCUT2D eigenvalue weighted by molar-refractivity contribution is 6.01. The van der Waals surface area contributed by atoms with E-state index in [1.165, 1.54) is 13.8 Å². The van der Waals surface area contributed by atoms with Crippen molar-refractivity contribution >= 4 is 11.9 Å². The number of furan rings is 1. The lowest BCUT2D eigenvalue weighted by Gasteiger charge is -2.22. The van der Waals surface area contributed by atoms with E-state index in [4.69, 9.17) is 9.52 Å². The largest absolute Gasteiger partial charge is 0.478 e. The van der Waals surface area contributed by atoms with E-state index in [9.17, 15) is 9.59 Å². The molecule has 0 saturated carbocycles. The van der Waals surface area contributed by atoms with E-state index in [0.717, 1.165) is 5.76 Å². The maximum atomic E-state index is 11.9. The van der Waals surface area contributed by atoms with Gasteiger partial charge < -0.3 is 14.8 Å². The highest BCUT2D eigenvalue weighted by Gasteiger charge is 2.19. The normalized spacial score (nSPS) is 13.8. The molecule has 0 radical (unpaired) electrons. The number of carbonyl (C=O) groups excluding carboxylic acids is 1. The van der Waals surface area contributed by atoms with Gasteiger partial charge in [0.1, 0.15) is 5.76 Å². The zero-order valence-corrected chi connectivity index (χ0v) is 12.1. The molecule has 1 unspecified atom stereocenters. The average molecular weight is 280 g/mol. The smallest absolute Gasteiger partial charge is 0.331 e. The Morgan fingerprint density at radius 3 is 2.45 bits per heavy atom. The topological polar surface area (TPSA) is 82.8 Å². The number of hydrogen-bond donors (Lipinski definition) is 2. The van der Waals surface area contributed by atoms with E-state index in [1.807, 2.05) is 25.1 Å². The summed E-state index contributed by atoms with van der Waals surface area (Å²) in [6.45, 7) is 3.24. The highest BCUT2D eigenvalue weighted by atomic mass is 16.4. The van der Waals surface area contributed by atoms with Crippen LogP contribution in [0.4, 0.5) is 0 Å². The Bertz CT molecular complexity index is 503. The van der Waals surface area contributed by atoms with E-state index in [0.29, 0.717) is 6.54 Å². The zero-order chi connectivity index (χ0) is 15.3. The summed E-state index contributed by atoms with van der Waals surface area (Å²) in [7, 11) is 3.76. The highest BCUT2D eigenvalue weighted by Crippen LogP contribution is 2.17. The van der Waals surface area contributed by atoms with Crippen LogP contribution < -0.4 is 5.32 Å². The second kappa shape index (κ2) is 6.91. The van der Waals surface area contributed by atoms with Crippen molar-refractivity contribution in [2.24, 2.45) is 0 Å². The van der Waals surface area contributed by atoms with Gasteiger partial charge in [0, 0.05) is 17.7 Å². The third-order valence-corrected chi connectivity index (χ3v) is 3.17. The molecular formula is C14H20N2O4. The molecule has 1 heterocycles. The van der Waals surface area contributed by atoms with Gasteiger partial charge in [-0.3, -0.25) is 9.69 Å². The number of nitrogens with one attached hydrogen (secondary N) is 1. The first-order chi connectivity index (χ1) is 9.34. The van der Waals surface area contributed by atoms with E-state index in [-0.39, 0.29) is 23.1 Å². The molecule has 0 aliphatic carbocycles. The molecule has 0 aliphatic heterocycles. The Labute approximate surface area is 118 Å². The molecule has 6 nitrogen and oxygen atoms in total.